The second-order valence-electron chi connectivity index (χ2n) is 6.94. The maximum atomic E-state index is 11.9. The van der Waals surface area contributed by atoms with Crippen molar-refractivity contribution in [1.82, 2.24) is 15.5 Å². The Labute approximate surface area is 161 Å². The molecule has 0 spiro atoms. The van der Waals surface area contributed by atoms with Gasteiger partial charge >= 0.3 is 6.09 Å². The standard InChI is InChI=1S/C19H32N4O4/c1-19(2,3)27-18(24)23(5)11-10-21-17(20-4)22-13-14-8-9-15(25-6)16(12-14)26-7/h8-9,12H,10-11,13H2,1-7H3,(H2,20,21,22). The number of ether oxygens (including phenoxy) is 3. The van der Waals surface area contributed by atoms with Crippen LogP contribution < -0.4 is 20.1 Å². The minimum absolute atomic E-state index is 0.349. The fourth-order valence-electron chi connectivity index (χ4n) is 2.17. The molecule has 1 aromatic carbocycles. The molecule has 0 aliphatic carbocycles. The summed E-state index contributed by atoms with van der Waals surface area (Å²) in [6.45, 7) is 7.14. The quantitative estimate of drug-likeness (QED) is 0.557. The highest BCUT2D eigenvalue weighted by Crippen LogP contribution is 2.27. The van der Waals surface area contributed by atoms with E-state index >= 15 is 0 Å². The van der Waals surface area contributed by atoms with Gasteiger partial charge in [-0.2, -0.15) is 0 Å². The van der Waals surface area contributed by atoms with Crippen molar-refractivity contribution in [2.24, 2.45) is 4.99 Å². The average molecular weight is 380 g/mol. The normalized spacial score (nSPS) is 11.6. The molecule has 0 bridgehead atoms. The number of carbonyl (C=O) groups is 1. The number of benzene rings is 1. The van der Waals surface area contributed by atoms with Gasteiger partial charge in [0.15, 0.2) is 17.5 Å². The van der Waals surface area contributed by atoms with Crippen LogP contribution >= 0.6 is 0 Å². The molecule has 0 saturated heterocycles. The first-order valence-corrected chi connectivity index (χ1v) is 8.79. The Morgan fingerprint density at radius 1 is 1.15 bits per heavy atom. The molecule has 1 rings (SSSR count). The Morgan fingerprint density at radius 3 is 2.37 bits per heavy atom. The number of nitrogens with one attached hydrogen (secondary N) is 2. The Balaban J connectivity index is 2.46. The number of methoxy groups -OCH3 is 2. The van der Waals surface area contributed by atoms with Crippen molar-refractivity contribution in [2.45, 2.75) is 32.9 Å². The third-order valence-electron chi connectivity index (χ3n) is 3.58. The number of likely N-dealkylation sites (N-methyl/N-ethyl adjacent to an activating group) is 1. The van der Waals surface area contributed by atoms with Gasteiger partial charge in [0.05, 0.1) is 14.2 Å². The van der Waals surface area contributed by atoms with Crippen LogP contribution in [-0.4, -0.2) is 64.0 Å². The van der Waals surface area contributed by atoms with Gasteiger partial charge in [-0.15, -0.1) is 0 Å². The van der Waals surface area contributed by atoms with Crippen molar-refractivity contribution >= 4 is 12.1 Å². The number of rotatable bonds is 7. The Morgan fingerprint density at radius 2 is 1.81 bits per heavy atom. The van der Waals surface area contributed by atoms with E-state index in [1.165, 1.54) is 4.90 Å². The van der Waals surface area contributed by atoms with Crippen LogP contribution in [0.2, 0.25) is 0 Å². The van der Waals surface area contributed by atoms with E-state index in [1.807, 2.05) is 39.0 Å². The highest BCUT2D eigenvalue weighted by atomic mass is 16.6. The molecule has 1 amide bonds. The molecule has 27 heavy (non-hydrogen) atoms. The molecule has 0 aliphatic heterocycles. The molecule has 0 atom stereocenters. The van der Waals surface area contributed by atoms with Gasteiger partial charge < -0.3 is 29.7 Å². The summed E-state index contributed by atoms with van der Waals surface area (Å²) in [5.41, 5.74) is 0.525. The fourth-order valence-corrected chi connectivity index (χ4v) is 2.17. The zero-order valence-corrected chi connectivity index (χ0v) is 17.4. The van der Waals surface area contributed by atoms with Crippen molar-refractivity contribution in [3.8, 4) is 11.5 Å². The van der Waals surface area contributed by atoms with Gasteiger partial charge in [0.1, 0.15) is 5.60 Å². The fraction of sp³-hybridized carbons (Fsp3) is 0.579. The van der Waals surface area contributed by atoms with E-state index in [4.69, 9.17) is 14.2 Å². The smallest absolute Gasteiger partial charge is 0.410 e. The summed E-state index contributed by atoms with van der Waals surface area (Å²) in [5.74, 6) is 2.01. The molecule has 0 aromatic heterocycles. The monoisotopic (exact) mass is 380 g/mol. The van der Waals surface area contributed by atoms with Gasteiger partial charge in [-0.3, -0.25) is 4.99 Å². The van der Waals surface area contributed by atoms with Crippen LogP contribution in [0.3, 0.4) is 0 Å². The summed E-state index contributed by atoms with van der Waals surface area (Å²) in [7, 11) is 6.61. The topological polar surface area (TPSA) is 84.4 Å². The molecule has 0 aliphatic rings. The molecule has 0 heterocycles. The van der Waals surface area contributed by atoms with Gasteiger partial charge in [-0.25, -0.2) is 4.79 Å². The SMILES string of the molecule is CN=C(NCCN(C)C(=O)OC(C)(C)C)NCc1ccc(OC)c(OC)c1. The lowest BCUT2D eigenvalue weighted by Crippen LogP contribution is -2.42. The van der Waals surface area contributed by atoms with Gasteiger partial charge in [0, 0.05) is 33.7 Å². The number of carbonyl (C=O) groups excluding carboxylic acids is 1. The first-order chi connectivity index (χ1) is 12.7. The average Bonchev–Trinajstić information content (AvgIpc) is 2.62. The van der Waals surface area contributed by atoms with Crippen molar-refractivity contribution in [3.05, 3.63) is 23.8 Å². The summed E-state index contributed by atoms with van der Waals surface area (Å²) in [4.78, 5) is 17.6. The number of guanidine groups is 1. The Bertz CT molecular complexity index is 641. The first kappa shape index (κ1) is 22.4. The van der Waals surface area contributed by atoms with Crippen LogP contribution in [0.1, 0.15) is 26.3 Å². The molecule has 0 radical (unpaired) electrons. The van der Waals surface area contributed by atoms with Crippen molar-refractivity contribution < 1.29 is 19.0 Å². The predicted molar refractivity (Wildman–Crippen MR) is 107 cm³/mol. The molecule has 1 aromatic rings. The molecule has 152 valence electrons. The molecule has 2 N–H and O–H groups in total. The molecule has 0 fully saturated rings. The molecular weight excluding hydrogens is 348 g/mol. The number of aliphatic imine (C=N–C) groups is 1. The predicted octanol–water partition coefficient (Wildman–Crippen LogP) is 2.24. The maximum Gasteiger partial charge on any atom is 0.410 e. The summed E-state index contributed by atoms with van der Waals surface area (Å²) in [6.07, 6.45) is -0.349. The molecule has 8 heteroatoms. The second kappa shape index (κ2) is 10.5. The lowest BCUT2D eigenvalue weighted by atomic mass is 10.2. The van der Waals surface area contributed by atoms with E-state index < -0.39 is 5.60 Å². The van der Waals surface area contributed by atoms with E-state index in [-0.39, 0.29) is 6.09 Å². The Hall–Kier alpha value is -2.64. The number of hydrogen-bond acceptors (Lipinski definition) is 5. The van der Waals surface area contributed by atoms with Gasteiger partial charge in [-0.05, 0) is 38.5 Å². The largest absolute Gasteiger partial charge is 0.493 e. The lowest BCUT2D eigenvalue weighted by molar-refractivity contribution is 0.0302. The molecule has 0 saturated carbocycles. The van der Waals surface area contributed by atoms with Crippen LogP contribution in [0.25, 0.3) is 0 Å². The third kappa shape index (κ3) is 8.06. The summed E-state index contributed by atoms with van der Waals surface area (Å²) in [5, 5.41) is 6.40. The van der Waals surface area contributed by atoms with E-state index in [0.29, 0.717) is 37.1 Å². The van der Waals surface area contributed by atoms with Crippen LogP contribution in [-0.2, 0) is 11.3 Å². The van der Waals surface area contributed by atoms with Crippen molar-refractivity contribution in [1.29, 1.82) is 0 Å². The van der Waals surface area contributed by atoms with E-state index in [1.54, 1.807) is 28.3 Å². The zero-order valence-electron chi connectivity index (χ0n) is 17.4. The highest BCUT2D eigenvalue weighted by molar-refractivity contribution is 5.79. The lowest BCUT2D eigenvalue weighted by Gasteiger charge is -2.25. The number of nitrogens with zero attached hydrogens (tertiary/aromatic N) is 2. The Kier molecular flexibility index (Phi) is 8.71. The molecular formula is C19H32N4O4. The van der Waals surface area contributed by atoms with Crippen LogP contribution in [0.15, 0.2) is 23.2 Å². The highest BCUT2D eigenvalue weighted by Gasteiger charge is 2.19. The van der Waals surface area contributed by atoms with E-state index in [0.717, 1.165) is 5.56 Å². The second-order valence-corrected chi connectivity index (χ2v) is 6.94. The van der Waals surface area contributed by atoms with E-state index in [9.17, 15) is 4.79 Å². The van der Waals surface area contributed by atoms with Gasteiger partial charge in [-0.1, -0.05) is 6.07 Å². The molecule has 0 unspecified atom stereocenters. The molecule has 8 nitrogen and oxygen atoms in total. The van der Waals surface area contributed by atoms with E-state index in [2.05, 4.69) is 15.6 Å². The van der Waals surface area contributed by atoms with Gasteiger partial charge in [0.25, 0.3) is 0 Å². The summed E-state index contributed by atoms with van der Waals surface area (Å²) in [6, 6.07) is 5.73. The van der Waals surface area contributed by atoms with Gasteiger partial charge in [0.2, 0.25) is 0 Å². The van der Waals surface area contributed by atoms with Crippen molar-refractivity contribution in [2.75, 3.05) is 41.4 Å². The first-order valence-electron chi connectivity index (χ1n) is 8.79. The van der Waals surface area contributed by atoms with Crippen LogP contribution in [0.4, 0.5) is 4.79 Å². The summed E-state index contributed by atoms with van der Waals surface area (Å²) >= 11 is 0. The zero-order chi connectivity index (χ0) is 20.4. The minimum atomic E-state index is -0.504. The number of hydrogen-bond donors (Lipinski definition) is 2. The van der Waals surface area contributed by atoms with Crippen LogP contribution in [0.5, 0.6) is 11.5 Å². The van der Waals surface area contributed by atoms with Crippen LogP contribution in [0, 0.1) is 0 Å². The maximum absolute atomic E-state index is 11.9. The third-order valence-corrected chi connectivity index (χ3v) is 3.58. The number of amides is 1. The summed E-state index contributed by atoms with van der Waals surface area (Å²) < 4.78 is 15.9. The van der Waals surface area contributed by atoms with Crippen molar-refractivity contribution in [3.63, 3.8) is 0 Å². The minimum Gasteiger partial charge on any atom is -0.493 e.